The van der Waals surface area contributed by atoms with E-state index in [-0.39, 0.29) is 5.54 Å². The quantitative estimate of drug-likeness (QED) is 0.939. The second-order valence-electron chi connectivity index (χ2n) is 5.65. The van der Waals surface area contributed by atoms with E-state index in [4.69, 9.17) is 23.2 Å². The van der Waals surface area contributed by atoms with Crippen LogP contribution in [0.2, 0.25) is 10.0 Å². The van der Waals surface area contributed by atoms with Crippen LogP contribution in [0, 0.1) is 0 Å². The molecule has 0 aliphatic rings. The molecule has 0 bridgehead atoms. The van der Waals surface area contributed by atoms with Crippen LogP contribution in [-0.2, 0) is 13.1 Å². The maximum absolute atomic E-state index is 6.20. The molecular weight excluding hydrogens is 295 g/mol. The number of nitrogens with zero attached hydrogens (tertiary/aromatic N) is 3. The van der Waals surface area contributed by atoms with Gasteiger partial charge in [-0.2, -0.15) is 5.10 Å². The Hall–Kier alpha value is -1.10. The van der Waals surface area contributed by atoms with Crippen LogP contribution in [0.3, 0.4) is 0 Å². The molecule has 0 fully saturated rings. The van der Waals surface area contributed by atoms with Crippen LogP contribution in [0.1, 0.15) is 32.2 Å². The van der Waals surface area contributed by atoms with Crippen molar-refractivity contribution in [1.82, 2.24) is 20.1 Å². The van der Waals surface area contributed by atoms with E-state index >= 15 is 0 Å². The standard InChI is InChI=1S/C14H18Cl2N4/c1-14(2,3)18-7-12-17-9-19-20(12)8-10-5-4-6-11(15)13(10)16/h4-6,9,18H,7-8H2,1-3H3. The number of benzene rings is 1. The molecule has 0 saturated heterocycles. The van der Waals surface area contributed by atoms with Crippen molar-refractivity contribution in [3.8, 4) is 0 Å². The van der Waals surface area contributed by atoms with Crippen molar-refractivity contribution in [2.24, 2.45) is 0 Å². The van der Waals surface area contributed by atoms with Gasteiger partial charge in [-0.25, -0.2) is 9.67 Å². The Balaban J connectivity index is 2.14. The van der Waals surface area contributed by atoms with Crippen LogP contribution in [-0.4, -0.2) is 20.3 Å². The fraction of sp³-hybridized carbons (Fsp3) is 0.429. The molecule has 2 rings (SSSR count). The van der Waals surface area contributed by atoms with Gasteiger partial charge in [-0.05, 0) is 32.4 Å². The average molecular weight is 313 g/mol. The highest BCUT2D eigenvalue weighted by atomic mass is 35.5. The van der Waals surface area contributed by atoms with Crippen molar-refractivity contribution >= 4 is 23.2 Å². The van der Waals surface area contributed by atoms with E-state index in [9.17, 15) is 0 Å². The lowest BCUT2D eigenvalue weighted by Crippen LogP contribution is -2.36. The number of hydrogen-bond acceptors (Lipinski definition) is 3. The van der Waals surface area contributed by atoms with Gasteiger partial charge in [-0.3, -0.25) is 0 Å². The van der Waals surface area contributed by atoms with Crippen molar-refractivity contribution in [1.29, 1.82) is 0 Å². The molecule has 0 unspecified atom stereocenters. The summed E-state index contributed by atoms with van der Waals surface area (Å²) in [6.07, 6.45) is 1.55. The Kier molecular flexibility index (Phi) is 4.68. The average Bonchev–Trinajstić information content (AvgIpc) is 2.79. The smallest absolute Gasteiger partial charge is 0.141 e. The summed E-state index contributed by atoms with van der Waals surface area (Å²) in [7, 11) is 0. The molecule has 0 aliphatic carbocycles. The van der Waals surface area contributed by atoms with Gasteiger partial charge in [0.1, 0.15) is 12.2 Å². The molecule has 1 aromatic carbocycles. The van der Waals surface area contributed by atoms with Crippen molar-refractivity contribution < 1.29 is 0 Å². The van der Waals surface area contributed by atoms with Crippen LogP contribution in [0.4, 0.5) is 0 Å². The highest BCUT2D eigenvalue weighted by Crippen LogP contribution is 2.26. The van der Waals surface area contributed by atoms with E-state index in [0.29, 0.717) is 23.1 Å². The summed E-state index contributed by atoms with van der Waals surface area (Å²) in [5.74, 6) is 0.871. The predicted molar refractivity (Wildman–Crippen MR) is 82.2 cm³/mol. The number of aromatic nitrogens is 3. The second-order valence-corrected chi connectivity index (χ2v) is 6.44. The molecule has 4 nitrogen and oxygen atoms in total. The molecule has 20 heavy (non-hydrogen) atoms. The fourth-order valence-electron chi connectivity index (χ4n) is 1.73. The van der Waals surface area contributed by atoms with Gasteiger partial charge in [0.2, 0.25) is 0 Å². The van der Waals surface area contributed by atoms with E-state index in [1.165, 1.54) is 0 Å². The summed E-state index contributed by atoms with van der Waals surface area (Å²) in [5, 5.41) is 8.76. The second kappa shape index (κ2) is 6.12. The molecule has 1 N–H and O–H groups in total. The molecule has 1 heterocycles. The molecule has 0 saturated carbocycles. The third-order valence-electron chi connectivity index (χ3n) is 2.82. The van der Waals surface area contributed by atoms with Gasteiger partial charge in [-0.1, -0.05) is 35.3 Å². The van der Waals surface area contributed by atoms with Gasteiger partial charge in [0, 0.05) is 5.54 Å². The zero-order valence-corrected chi connectivity index (χ0v) is 13.3. The van der Waals surface area contributed by atoms with E-state index in [1.54, 1.807) is 12.4 Å². The Morgan fingerprint density at radius 2 is 2.00 bits per heavy atom. The molecule has 0 amide bonds. The van der Waals surface area contributed by atoms with Crippen LogP contribution in [0.25, 0.3) is 0 Å². The topological polar surface area (TPSA) is 42.7 Å². The third kappa shape index (κ3) is 3.95. The predicted octanol–water partition coefficient (Wildman–Crippen LogP) is 3.52. The van der Waals surface area contributed by atoms with Crippen molar-refractivity contribution in [3.63, 3.8) is 0 Å². The number of rotatable bonds is 4. The van der Waals surface area contributed by atoms with Crippen LogP contribution < -0.4 is 5.32 Å². The largest absolute Gasteiger partial charge is 0.305 e. The van der Waals surface area contributed by atoms with Crippen molar-refractivity contribution in [2.75, 3.05) is 0 Å². The summed E-state index contributed by atoms with van der Waals surface area (Å²) < 4.78 is 1.83. The van der Waals surface area contributed by atoms with Gasteiger partial charge < -0.3 is 5.32 Å². The normalized spacial score (nSPS) is 11.8. The van der Waals surface area contributed by atoms with Crippen LogP contribution in [0.5, 0.6) is 0 Å². The molecule has 1 aromatic heterocycles. The minimum absolute atomic E-state index is 0.0322. The Morgan fingerprint density at radius 3 is 2.70 bits per heavy atom. The van der Waals surface area contributed by atoms with E-state index < -0.39 is 0 Å². The number of hydrogen-bond donors (Lipinski definition) is 1. The van der Waals surface area contributed by atoms with Crippen molar-refractivity contribution in [3.05, 3.63) is 46.0 Å². The van der Waals surface area contributed by atoms with Gasteiger partial charge in [0.15, 0.2) is 0 Å². The highest BCUT2D eigenvalue weighted by Gasteiger charge is 2.13. The first-order valence-electron chi connectivity index (χ1n) is 6.41. The highest BCUT2D eigenvalue weighted by molar-refractivity contribution is 6.42. The number of halogens is 2. The molecule has 0 spiro atoms. The summed E-state index contributed by atoms with van der Waals surface area (Å²) in [4.78, 5) is 4.28. The molecule has 108 valence electrons. The number of nitrogens with one attached hydrogen (secondary N) is 1. The van der Waals surface area contributed by atoms with E-state index in [0.717, 1.165) is 11.4 Å². The molecule has 6 heteroatoms. The monoisotopic (exact) mass is 312 g/mol. The van der Waals surface area contributed by atoms with Gasteiger partial charge in [-0.15, -0.1) is 0 Å². The van der Waals surface area contributed by atoms with Crippen LogP contribution >= 0.6 is 23.2 Å². The van der Waals surface area contributed by atoms with Gasteiger partial charge >= 0.3 is 0 Å². The summed E-state index contributed by atoms with van der Waals surface area (Å²) in [6, 6.07) is 5.60. The molecule has 2 aromatic rings. The molecular formula is C14H18Cl2N4. The maximum atomic E-state index is 6.20. The summed E-state index contributed by atoms with van der Waals surface area (Å²) in [6.45, 7) is 7.55. The lowest BCUT2D eigenvalue weighted by Gasteiger charge is -2.20. The van der Waals surface area contributed by atoms with Crippen molar-refractivity contribution in [2.45, 2.75) is 39.4 Å². The zero-order valence-electron chi connectivity index (χ0n) is 11.8. The SMILES string of the molecule is CC(C)(C)NCc1ncnn1Cc1cccc(Cl)c1Cl. The summed E-state index contributed by atoms with van der Waals surface area (Å²) in [5.41, 5.74) is 0.964. The zero-order chi connectivity index (χ0) is 14.8. The first kappa shape index (κ1) is 15.3. The van der Waals surface area contributed by atoms with Crippen LogP contribution in [0.15, 0.2) is 24.5 Å². The minimum atomic E-state index is 0.0322. The van der Waals surface area contributed by atoms with Gasteiger partial charge in [0.25, 0.3) is 0 Å². The molecule has 0 aliphatic heterocycles. The van der Waals surface area contributed by atoms with E-state index in [1.807, 2.05) is 16.8 Å². The minimum Gasteiger partial charge on any atom is -0.305 e. The molecule has 0 atom stereocenters. The third-order valence-corrected chi connectivity index (χ3v) is 3.68. The van der Waals surface area contributed by atoms with Gasteiger partial charge in [0.05, 0.1) is 23.1 Å². The lowest BCUT2D eigenvalue weighted by atomic mass is 10.1. The Labute approximate surface area is 129 Å². The van der Waals surface area contributed by atoms with E-state index in [2.05, 4.69) is 36.2 Å². The molecule has 0 radical (unpaired) electrons. The fourth-order valence-corrected chi connectivity index (χ4v) is 2.11. The Bertz CT molecular complexity index is 587. The Morgan fingerprint density at radius 1 is 1.25 bits per heavy atom. The lowest BCUT2D eigenvalue weighted by molar-refractivity contribution is 0.410. The first-order chi connectivity index (χ1) is 9.37. The first-order valence-corrected chi connectivity index (χ1v) is 7.17. The summed E-state index contributed by atoms with van der Waals surface area (Å²) >= 11 is 12.2. The maximum Gasteiger partial charge on any atom is 0.141 e.